The molecule has 0 N–H and O–H groups in total. The number of amides is 1. The molecule has 0 saturated heterocycles. The molecular weight excluding hydrogens is 258 g/mol. The number of hydrogen-bond donors (Lipinski definition) is 0. The first-order chi connectivity index (χ1) is 7.20. The number of carbonyl (C=O) groups excluding carboxylic acids is 1. The normalized spacial score (nSPS) is 10.3. The Bertz CT molecular complexity index is 316. The van der Waals surface area contributed by atoms with Gasteiger partial charge in [0, 0.05) is 13.1 Å². The number of hydrogen-bond acceptors (Lipinski definition) is 2. The van der Waals surface area contributed by atoms with Crippen LogP contribution in [0.4, 0.5) is 0 Å². The fourth-order valence-corrected chi connectivity index (χ4v) is 1.88. The van der Waals surface area contributed by atoms with Gasteiger partial charge in [0.2, 0.25) is 0 Å². The van der Waals surface area contributed by atoms with Gasteiger partial charge in [-0.2, -0.15) is 0 Å². The Morgan fingerprint density at radius 1 is 1.40 bits per heavy atom. The van der Waals surface area contributed by atoms with Crippen LogP contribution in [0.5, 0.6) is 0 Å². The van der Waals surface area contributed by atoms with Crippen molar-refractivity contribution in [1.82, 2.24) is 4.90 Å². The molecular formula is C11H16BrNO2. The van der Waals surface area contributed by atoms with Crippen molar-refractivity contribution >= 4 is 21.8 Å². The van der Waals surface area contributed by atoms with E-state index < -0.39 is 0 Å². The number of furan rings is 1. The molecule has 1 rings (SSSR count). The van der Waals surface area contributed by atoms with E-state index in [1.807, 2.05) is 4.90 Å². The van der Waals surface area contributed by atoms with E-state index in [9.17, 15) is 4.79 Å². The molecule has 1 aromatic rings. The van der Waals surface area contributed by atoms with E-state index in [-0.39, 0.29) is 5.91 Å². The van der Waals surface area contributed by atoms with E-state index in [4.69, 9.17) is 4.42 Å². The summed E-state index contributed by atoms with van der Waals surface area (Å²) in [6, 6.07) is 1.70. The van der Waals surface area contributed by atoms with E-state index in [2.05, 4.69) is 29.8 Å². The van der Waals surface area contributed by atoms with Crippen LogP contribution in [0.3, 0.4) is 0 Å². The second-order valence-corrected chi connectivity index (χ2v) is 4.12. The van der Waals surface area contributed by atoms with E-state index in [1.54, 1.807) is 6.07 Å². The molecule has 0 spiro atoms. The second-order valence-electron chi connectivity index (χ2n) is 3.40. The summed E-state index contributed by atoms with van der Waals surface area (Å²) in [5.74, 6) is 0.0410. The number of carbonyl (C=O) groups is 1. The van der Waals surface area contributed by atoms with Crippen molar-refractivity contribution in [2.24, 2.45) is 0 Å². The fraction of sp³-hybridized carbons (Fsp3) is 0.545. The molecule has 0 aromatic carbocycles. The van der Waals surface area contributed by atoms with Crippen LogP contribution in [0.25, 0.3) is 0 Å². The molecule has 1 heterocycles. The van der Waals surface area contributed by atoms with Gasteiger partial charge in [-0.15, -0.1) is 0 Å². The smallest absolute Gasteiger partial charge is 0.258 e. The van der Waals surface area contributed by atoms with Crippen LogP contribution < -0.4 is 0 Å². The molecule has 0 fully saturated rings. The molecule has 0 aliphatic rings. The third-order valence-corrected chi connectivity index (χ3v) is 2.74. The largest absolute Gasteiger partial charge is 0.457 e. The molecule has 0 atom stereocenters. The standard InChI is InChI=1S/C11H16BrNO2/c1-3-6-13(7-4-2)11(14)9-5-8-15-10(9)12/h5,8H,3-4,6-7H2,1-2H3. The molecule has 0 bridgehead atoms. The Morgan fingerprint density at radius 3 is 2.40 bits per heavy atom. The van der Waals surface area contributed by atoms with Gasteiger partial charge in [-0.25, -0.2) is 0 Å². The first-order valence-electron chi connectivity index (χ1n) is 5.23. The van der Waals surface area contributed by atoms with Gasteiger partial charge in [0.1, 0.15) is 0 Å². The Morgan fingerprint density at radius 2 is 2.00 bits per heavy atom. The Hall–Kier alpha value is -0.770. The Balaban J connectivity index is 2.76. The fourth-order valence-electron chi connectivity index (χ4n) is 1.47. The van der Waals surface area contributed by atoms with Gasteiger partial charge < -0.3 is 9.32 Å². The van der Waals surface area contributed by atoms with E-state index in [0.29, 0.717) is 10.2 Å². The van der Waals surface area contributed by atoms with E-state index >= 15 is 0 Å². The average molecular weight is 274 g/mol. The van der Waals surface area contributed by atoms with Crippen molar-refractivity contribution in [1.29, 1.82) is 0 Å². The SMILES string of the molecule is CCCN(CCC)C(=O)c1ccoc1Br. The second kappa shape index (κ2) is 5.95. The van der Waals surface area contributed by atoms with Crippen molar-refractivity contribution in [3.8, 4) is 0 Å². The van der Waals surface area contributed by atoms with Crippen molar-refractivity contribution in [3.63, 3.8) is 0 Å². The highest BCUT2D eigenvalue weighted by Crippen LogP contribution is 2.19. The molecule has 0 aliphatic carbocycles. The van der Waals surface area contributed by atoms with Crippen LogP contribution in [-0.2, 0) is 0 Å². The van der Waals surface area contributed by atoms with Gasteiger partial charge in [-0.1, -0.05) is 13.8 Å². The van der Waals surface area contributed by atoms with Gasteiger partial charge in [0.25, 0.3) is 5.91 Å². The quantitative estimate of drug-likeness (QED) is 0.825. The maximum absolute atomic E-state index is 12.0. The van der Waals surface area contributed by atoms with Crippen molar-refractivity contribution in [3.05, 3.63) is 22.6 Å². The first-order valence-corrected chi connectivity index (χ1v) is 6.02. The zero-order valence-corrected chi connectivity index (χ0v) is 10.7. The molecule has 15 heavy (non-hydrogen) atoms. The zero-order valence-electron chi connectivity index (χ0n) is 9.12. The lowest BCUT2D eigenvalue weighted by atomic mass is 10.2. The topological polar surface area (TPSA) is 33.5 Å². The lowest BCUT2D eigenvalue weighted by Crippen LogP contribution is -2.32. The van der Waals surface area contributed by atoms with Crippen LogP contribution >= 0.6 is 15.9 Å². The minimum Gasteiger partial charge on any atom is -0.457 e. The zero-order chi connectivity index (χ0) is 11.3. The predicted octanol–water partition coefficient (Wildman–Crippen LogP) is 3.30. The molecule has 0 unspecified atom stereocenters. The minimum atomic E-state index is 0.0410. The number of rotatable bonds is 5. The first kappa shape index (κ1) is 12.3. The summed E-state index contributed by atoms with van der Waals surface area (Å²) in [5, 5.41) is 0. The van der Waals surface area contributed by atoms with Crippen LogP contribution in [0.2, 0.25) is 0 Å². The lowest BCUT2D eigenvalue weighted by molar-refractivity contribution is 0.0753. The van der Waals surface area contributed by atoms with E-state index in [0.717, 1.165) is 25.9 Å². The van der Waals surface area contributed by atoms with Gasteiger partial charge in [0.05, 0.1) is 11.8 Å². The van der Waals surface area contributed by atoms with Crippen LogP contribution in [-0.4, -0.2) is 23.9 Å². The highest BCUT2D eigenvalue weighted by Gasteiger charge is 2.18. The summed E-state index contributed by atoms with van der Waals surface area (Å²) < 4.78 is 5.58. The summed E-state index contributed by atoms with van der Waals surface area (Å²) >= 11 is 3.22. The van der Waals surface area contributed by atoms with Crippen LogP contribution in [0.15, 0.2) is 21.4 Å². The third kappa shape index (κ3) is 3.09. The molecule has 3 nitrogen and oxygen atoms in total. The molecule has 84 valence electrons. The van der Waals surface area contributed by atoms with Gasteiger partial charge in [-0.3, -0.25) is 4.79 Å². The molecule has 0 radical (unpaired) electrons. The van der Waals surface area contributed by atoms with Crippen molar-refractivity contribution in [2.75, 3.05) is 13.1 Å². The van der Waals surface area contributed by atoms with E-state index in [1.165, 1.54) is 6.26 Å². The van der Waals surface area contributed by atoms with Crippen molar-refractivity contribution < 1.29 is 9.21 Å². The maximum Gasteiger partial charge on any atom is 0.258 e. The summed E-state index contributed by atoms with van der Waals surface area (Å²) in [5.41, 5.74) is 0.608. The molecule has 0 saturated carbocycles. The lowest BCUT2D eigenvalue weighted by Gasteiger charge is -2.20. The van der Waals surface area contributed by atoms with Crippen molar-refractivity contribution in [2.45, 2.75) is 26.7 Å². The Kier molecular flexibility index (Phi) is 4.88. The van der Waals surface area contributed by atoms with Gasteiger partial charge >= 0.3 is 0 Å². The van der Waals surface area contributed by atoms with Gasteiger partial charge in [0.15, 0.2) is 4.67 Å². The van der Waals surface area contributed by atoms with Gasteiger partial charge in [-0.05, 0) is 34.8 Å². The number of halogens is 1. The highest BCUT2D eigenvalue weighted by molar-refractivity contribution is 9.10. The predicted molar refractivity (Wildman–Crippen MR) is 62.9 cm³/mol. The summed E-state index contributed by atoms with van der Waals surface area (Å²) in [7, 11) is 0. The Labute approximate surface area is 98.6 Å². The molecule has 0 aliphatic heterocycles. The summed E-state index contributed by atoms with van der Waals surface area (Å²) in [6.07, 6.45) is 3.47. The molecule has 1 aromatic heterocycles. The maximum atomic E-state index is 12.0. The third-order valence-electron chi connectivity index (χ3n) is 2.12. The average Bonchev–Trinajstić information content (AvgIpc) is 2.63. The summed E-state index contributed by atoms with van der Waals surface area (Å²) in [6.45, 7) is 5.73. The van der Waals surface area contributed by atoms with Crippen LogP contribution in [0, 0.1) is 0 Å². The highest BCUT2D eigenvalue weighted by atomic mass is 79.9. The molecule has 1 amide bonds. The summed E-state index contributed by atoms with van der Waals surface area (Å²) in [4.78, 5) is 13.9. The monoisotopic (exact) mass is 273 g/mol. The molecule has 4 heteroatoms. The van der Waals surface area contributed by atoms with Crippen LogP contribution in [0.1, 0.15) is 37.0 Å². The minimum absolute atomic E-state index is 0.0410. The number of nitrogens with zero attached hydrogens (tertiary/aromatic N) is 1.